The lowest BCUT2D eigenvalue weighted by Gasteiger charge is -2.59. The zero-order chi connectivity index (χ0) is 31.9. The molecule has 1 fully saturated rings. The average molecular weight is 624 g/mol. The van der Waals surface area contributed by atoms with E-state index in [1.165, 1.54) is 6.08 Å². The lowest BCUT2D eigenvalue weighted by molar-refractivity contribution is -0.143. The first-order valence-electron chi connectivity index (χ1n) is 15.5. The largest absolute Gasteiger partial charge is 0.497 e. The molecule has 4 heterocycles. The number of fused-ring (bicyclic) bond motifs is 8. The van der Waals surface area contributed by atoms with E-state index in [1.807, 2.05) is 30.3 Å². The molecule has 7 rings (SSSR count). The van der Waals surface area contributed by atoms with E-state index in [-0.39, 0.29) is 30.8 Å². The number of piperazine rings is 1. The van der Waals surface area contributed by atoms with E-state index in [0.717, 1.165) is 33.6 Å². The number of hydrogen-bond acceptors (Lipinski definition) is 10. The third kappa shape index (κ3) is 5.10. The van der Waals surface area contributed by atoms with Crippen molar-refractivity contribution >= 4 is 12.0 Å². The molecule has 46 heavy (non-hydrogen) atoms. The number of rotatable bonds is 7. The predicted octanol–water partition coefficient (Wildman–Crippen LogP) is 4.51. The minimum atomic E-state index is -0.456. The first-order valence-corrected chi connectivity index (χ1v) is 15.5. The van der Waals surface area contributed by atoms with Crippen LogP contribution in [0.25, 0.3) is 6.08 Å². The number of likely N-dealkylation sites (N-methyl/N-ethyl adjacent to an activating group) is 1. The molecule has 0 aliphatic carbocycles. The van der Waals surface area contributed by atoms with Gasteiger partial charge in [-0.3, -0.25) is 9.80 Å². The Morgan fingerprint density at radius 3 is 2.28 bits per heavy atom. The molecule has 10 heteroatoms. The third-order valence-corrected chi connectivity index (χ3v) is 9.78. The van der Waals surface area contributed by atoms with Crippen LogP contribution in [0, 0.1) is 11.3 Å². The zero-order valence-corrected chi connectivity index (χ0v) is 26.4. The van der Waals surface area contributed by atoms with Crippen molar-refractivity contribution in [3.05, 3.63) is 82.4 Å². The van der Waals surface area contributed by atoms with E-state index in [0.29, 0.717) is 49.1 Å². The van der Waals surface area contributed by atoms with Crippen LogP contribution < -0.4 is 23.7 Å². The van der Waals surface area contributed by atoms with E-state index >= 15 is 0 Å². The quantitative estimate of drug-likeness (QED) is 0.276. The van der Waals surface area contributed by atoms with Crippen LogP contribution in [0.5, 0.6) is 28.7 Å². The highest BCUT2D eigenvalue weighted by atomic mass is 16.6. The van der Waals surface area contributed by atoms with Gasteiger partial charge >= 0.3 is 5.97 Å². The molecule has 5 atom stereocenters. The molecule has 10 nitrogen and oxygen atoms in total. The molecule has 4 aliphatic heterocycles. The molecule has 1 saturated heterocycles. The molecular weight excluding hydrogens is 586 g/mol. The summed E-state index contributed by atoms with van der Waals surface area (Å²) in [6, 6.07) is 17.3. The van der Waals surface area contributed by atoms with E-state index in [2.05, 4.69) is 41.1 Å². The fourth-order valence-corrected chi connectivity index (χ4v) is 7.64. The summed E-state index contributed by atoms with van der Waals surface area (Å²) in [5.41, 5.74) is 5.25. The van der Waals surface area contributed by atoms with Gasteiger partial charge < -0.3 is 28.4 Å². The predicted molar refractivity (Wildman–Crippen MR) is 169 cm³/mol. The Labute approximate surface area is 268 Å². The van der Waals surface area contributed by atoms with Crippen LogP contribution in [0.15, 0.2) is 54.6 Å². The number of methoxy groups -OCH3 is 3. The lowest BCUT2D eigenvalue weighted by Crippen LogP contribution is -2.68. The Bertz CT molecular complexity index is 1720. The maximum atomic E-state index is 13.1. The number of nitrogens with zero attached hydrogens (tertiary/aromatic N) is 3. The summed E-state index contributed by atoms with van der Waals surface area (Å²) in [6.07, 6.45) is 4.51. The smallest absolute Gasteiger partial charge is 0.330 e. The van der Waals surface area contributed by atoms with Gasteiger partial charge in [-0.15, -0.1) is 0 Å². The van der Waals surface area contributed by atoms with Crippen molar-refractivity contribution in [2.75, 3.05) is 48.2 Å². The number of nitriles is 1. The number of carbonyl (C=O) groups is 1. The first-order chi connectivity index (χ1) is 22.4. The van der Waals surface area contributed by atoms with Crippen LogP contribution in [-0.4, -0.2) is 82.1 Å². The summed E-state index contributed by atoms with van der Waals surface area (Å²) in [5, 5.41) is 10.7. The summed E-state index contributed by atoms with van der Waals surface area (Å²) >= 11 is 0. The molecule has 2 unspecified atom stereocenters. The average Bonchev–Trinajstić information content (AvgIpc) is 3.08. The second-order valence-corrected chi connectivity index (χ2v) is 12.0. The Balaban J connectivity index is 1.26. The standard InChI is InChI=1S/C36H37N3O7/c1-38-27-13-23-15-31(42-3)32(43-4)18-26(23)36(38)28-14-22-16-33-34(45-12-11-44-33)17-25(22)30(39(28)29(27)19-37)20-46-35(40)10-7-21-5-8-24(41-2)9-6-21/h5-10,15-18,27-30,36H,11-14,20H2,1-4H3/b10-7+/t27-,28?,29-,30?,36+/m0/s1. The lowest BCUT2D eigenvalue weighted by atomic mass is 9.72. The van der Waals surface area contributed by atoms with Crippen molar-refractivity contribution in [1.29, 1.82) is 5.26 Å². The van der Waals surface area contributed by atoms with E-state index in [9.17, 15) is 10.1 Å². The fraction of sp³-hybridized carbons (Fsp3) is 0.389. The minimum absolute atomic E-state index is 0.0346. The van der Waals surface area contributed by atoms with Crippen LogP contribution in [0.1, 0.15) is 39.9 Å². The fourth-order valence-electron chi connectivity index (χ4n) is 7.64. The molecule has 238 valence electrons. The van der Waals surface area contributed by atoms with E-state index in [1.54, 1.807) is 27.4 Å². The second-order valence-electron chi connectivity index (χ2n) is 12.0. The molecule has 0 amide bonds. The van der Waals surface area contributed by atoms with Crippen LogP contribution >= 0.6 is 0 Å². The highest BCUT2D eigenvalue weighted by molar-refractivity contribution is 5.87. The van der Waals surface area contributed by atoms with E-state index < -0.39 is 12.0 Å². The first kappa shape index (κ1) is 30.0. The molecule has 0 spiro atoms. The summed E-state index contributed by atoms with van der Waals surface area (Å²) in [6.45, 7) is 1.03. The summed E-state index contributed by atoms with van der Waals surface area (Å²) in [7, 11) is 7.01. The number of ether oxygens (including phenoxy) is 6. The summed E-state index contributed by atoms with van der Waals surface area (Å²) < 4.78 is 34.5. The molecule has 0 radical (unpaired) electrons. The monoisotopic (exact) mass is 623 g/mol. The molecule has 3 aromatic carbocycles. The van der Waals surface area contributed by atoms with Gasteiger partial charge in [-0.1, -0.05) is 12.1 Å². The summed E-state index contributed by atoms with van der Waals surface area (Å²) in [5.74, 6) is 3.02. The van der Waals surface area contributed by atoms with Crippen LogP contribution in [0.3, 0.4) is 0 Å². The zero-order valence-electron chi connectivity index (χ0n) is 26.4. The van der Waals surface area contributed by atoms with Gasteiger partial charge in [0.1, 0.15) is 31.6 Å². The molecule has 4 aliphatic rings. The molecule has 3 aromatic rings. The van der Waals surface area contributed by atoms with Crippen molar-refractivity contribution in [3.63, 3.8) is 0 Å². The molecule has 0 aromatic heterocycles. The van der Waals surface area contributed by atoms with Crippen LogP contribution in [0.2, 0.25) is 0 Å². The molecule has 0 N–H and O–H groups in total. The van der Waals surface area contributed by atoms with Gasteiger partial charge in [0, 0.05) is 18.2 Å². The maximum Gasteiger partial charge on any atom is 0.330 e. The Morgan fingerprint density at radius 1 is 0.913 bits per heavy atom. The maximum absolute atomic E-state index is 13.1. The van der Waals surface area contributed by atoms with Crippen molar-refractivity contribution in [2.24, 2.45) is 0 Å². The Kier molecular flexibility index (Phi) is 7.97. The van der Waals surface area contributed by atoms with Gasteiger partial charge in [0.15, 0.2) is 23.0 Å². The van der Waals surface area contributed by atoms with Gasteiger partial charge in [-0.05, 0) is 90.2 Å². The number of benzene rings is 3. The van der Waals surface area contributed by atoms with Gasteiger partial charge in [0.25, 0.3) is 0 Å². The van der Waals surface area contributed by atoms with Crippen molar-refractivity contribution in [3.8, 4) is 34.8 Å². The SMILES string of the molecule is COc1ccc(/C=C/C(=O)OCC2c3cc4c(cc3CC3[C@H]5c6cc(OC)c(OC)cc6C[C@@H]([C@H](C#N)N23)N5C)OCCO4)cc1. The molecular formula is C36H37N3O7. The van der Waals surface area contributed by atoms with Crippen molar-refractivity contribution in [2.45, 2.75) is 43.1 Å². The Morgan fingerprint density at radius 2 is 1.59 bits per heavy atom. The third-order valence-electron chi connectivity index (χ3n) is 9.78. The van der Waals surface area contributed by atoms with Gasteiger partial charge in [-0.2, -0.15) is 5.26 Å². The van der Waals surface area contributed by atoms with Crippen molar-refractivity contribution < 1.29 is 33.2 Å². The van der Waals surface area contributed by atoms with Gasteiger partial charge in [0.05, 0.1) is 39.5 Å². The minimum Gasteiger partial charge on any atom is -0.497 e. The Hall–Kier alpha value is -4.72. The van der Waals surface area contributed by atoms with Crippen LogP contribution in [-0.2, 0) is 22.4 Å². The highest BCUT2D eigenvalue weighted by Crippen LogP contribution is 2.52. The second kappa shape index (κ2) is 12.2. The number of carbonyl (C=O) groups excluding carboxylic acids is 1. The number of esters is 1. The van der Waals surface area contributed by atoms with Gasteiger partial charge in [0.2, 0.25) is 0 Å². The topological polar surface area (TPSA) is 103 Å². The number of hydrogen-bond donors (Lipinski definition) is 0. The van der Waals surface area contributed by atoms with Crippen molar-refractivity contribution in [1.82, 2.24) is 9.80 Å². The normalized spacial score (nSPS) is 24.6. The van der Waals surface area contributed by atoms with Crippen LogP contribution in [0.4, 0.5) is 0 Å². The molecule has 2 bridgehead atoms. The summed E-state index contributed by atoms with van der Waals surface area (Å²) in [4.78, 5) is 17.7. The molecule has 0 saturated carbocycles. The highest BCUT2D eigenvalue weighted by Gasteiger charge is 2.54. The van der Waals surface area contributed by atoms with E-state index in [4.69, 9.17) is 28.4 Å². The van der Waals surface area contributed by atoms with Gasteiger partial charge in [-0.25, -0.2) is 4.79 Å².